The van der Waals surface area contributed by atoms with E-state index in [4.69, 9.17) is 0 Å². The van der Waals surface area contributed by atoms with Crippen LogP contribution in [0.2, 0.25) is 0 Å². The first-order chi connectivity index (χ1) is 8.81. The number of aryl methyl sites for hydroxylation is 1. The summed E-state index contributed by atoms with van der Waals surface area (Å²) in [6.45, 7) is 4.61. The zero-order valence-electron chi connectivity index (χ0n) is 11.9. The van der Waals surface area contributed by atoms with Gasteiger partial charge in [-0.1, -0.05) is 63.5 Å². The fourth-order valence-corrected chi connectivity index (χ4v) is 2.87. The number of benzene rings is 1. The molecule has 0 spiro atoms. The molecule has 0 heterocycles. The number of rotatable bonds is 6. The van der Waals surface area contributed by atoms with E-state index in [1.165, 1.54) is 56.1 Å². The van der Waals surface area contributed by atoms with E-state index in [1.807, 2.05) is 0 Å². The monoisotopic (exact) mass is 242 g/mol. The molecule has 0 saturated heterocycles. The molecule has 2 rings (SSSR count). The smallest absolute Gasteiger partial charge is 0.0185 e. The van der Waals surface area contributed by atoms with Crippen LogP contribution in [0.1, 0.15) is 63.5 Å². The summed E-state index contributed by atoms with van der Waals surface area (Å²) in [5.41, 5.74) is 4.51. The van der Waals surface area contributed by atoms with Gasteiger partial charge in [0.05, 0.1) is 0 Å². The van der Waals surface area contributed by atoms with Gasteiger partial charge in [-0.3, -0.25) is 0 Å². The van der Waals surface area contributed by atoms with Crippen molar-refractivity contribution in [3.05, 3.63) is 41.5 Å². The maximum atomic E-state index is 2.42. The molecular weight excluding hydrogens is 216 g/mol. The lowest BCUT2D eigenvalue weighted by atomic mass is 9.95. The van der Waals surface area contributed by atoms with Gasteiger partial charge in [0.15, 0.2) is 0 Å². The van der Waals surface area contributed by atoms with Crippen LogP contribution < -0.4 is 0 Å². The van der Waals surface area contributed by atoms with Gasteiger partial charge in [-0.2, -0.15) is 0 Å². The van der Waals surface area contributed by atoms with E-state index >= 15 is 0 Å². The minimum absolute atomic E-state index is 0.750. The molecule has 1 aromatic carbocycles. The summed E-state index contributed by atoms with van der Waals surface area (Å²) >= 11 is 0. The highest BCUT2D eigenvalue weighted by molar-refractivity contribution is 5.69. The zero-order chi connectivity index (χ0) is 12.8. The van der Waals surface area contributed by atoms with Crippen LogP contribution in [0, 0.1) is 5.92 Å². The van der Waals surface area contributed by atoms with Crippen LogP contribution in [0.4, 0.5) is 0 Å². The lowest BCUT2D eigenvalue weighted by Crippen LogP contribution is -1.93. The first kappa shape index (κ1) is 13.4. The van der Waals surface area contributed by atoms with E-state index in [9.17, 15) is 0 Å². The highest BCUT2D eigenvalue weighted by Gasteiger charge is 2.15. The molecular formula is C18H26. The third kappa shape index (κ3) is 3.48. The molecule has 1 atom stereocenters. The summed E-state index contributed by atoms with van der Waals surface area (Å²) in [4.78, 5) is 0. The van der Waals surface area contributed by atoms with Crippen LogP contribution >= 0.6 is 0 Å². The Labute approximate surface area is 112 Å². The summed E-state index contributed by atoms with van der Waals surface area (Å²) < 4.78 is 0. The lowest BCUT2D eigenvalue weighted by Gasteiger charge is -2.10. The standard InChI is InChI=1S/C18H26/c1-3-4-5-6-9-16-11-13-17(14-12-16)18-10-7-8-15(18)2/h10-15H,3-9H2,1-2H3. The minimum Gasteiger partial charge on any atom is -0.0804 e. The van der Waals surface area contributed by atoms with Crippen LogP contribution in [0.3, 0.4) is 0 Å². The average molecular weight is 242 g/mol. The maximum Gasteiger partial charge on any atom is -0.0185 e. The number of hydrogen-bond acceptors (Lipinski definition) is 0. The van der Waals surface area contributed by atoms with Crippen molar-refractivity contribution in [2.45, 2.75) is 58.8 Å². The van der Waals surface area contributed by atoms with E-state index in [0.717, 1.165) is 5.92 Å². The molecule has 0 radical (unpaired) electrons. The lowest BCUT2D eigenvalue weighted by molar-refractivity contribution is 0.667. The van der Waals surface area contributed by atoms with Crippen LogP contribution in [-0.4, -0.2) is 0 Å². The molecule has 0 amide bonds. The van der Waals surface area contributed by atoms with Gasteiger partial charge in [0.2, 0.25) is 0 Å². The van der Waals surface area contributed by atoms with Gasteiger partial charge in [-0.05, 0) is 48.3 Å². The number of allylic oxidation sites excluding steroid dienone is 2. The molecule has 1 unspecified atom stereocenters. The highest BCUT2D eigenvalue weighted by Crippen LogP contribution is 2.33. The van der Waals surface area contributed by atoms with Gasteiger partial charge >= 0.3 is 0 Å². The Bertz CT molecular complexity index is 383. The predicted molar refractivity (Wildman–Crippen MR) is 80.7 cm³/mol. The van der Waals surface area contributed by atoms with E-state index in [-0.39, 0.29) is 0 Å². The zero-order valence-corrected chi connectivity index (χ0v) is 11.9. The third-order valence-corrected chi connectivity index (χ3v) is 4.10. The second kappa shape index (κ2) is 6.78. The van der Waals surface area contributed by atoms with E-state index in [2.05, 4.69) is 44.2 Å². The summed E-state index contributed by atoms with van der Waals surface area (Å²) in [6.07, 6.45) is 11.7. The molecule has 1 aliphatic carbocycles. The summed E-state index contributed by atoms with van der Waals surface area (Å²) in [5.74, 6) is 0.750. The van der Waals surface area contributed by atoms with Crippen molar-refractivity contribution in [3.63, 3.8) is 0 Å². The Kier molecular flexibility index (Phi) is 5.04. The fraction of sp³-hybridized carbons (Fsp3) is 0.556. The average Bonchev–Trinajstić information content (AvgIpc) is 2.82. The van der Waals surface area contributed by atoms with E-state index < -0.39 is 0 Å². The quantitative estimate of drug-likeness (QED) is 0.568. The molecule has 98 valence electrons. The van der Waals surface area contributed by atoms with Crippen molar-refractivity contribution in [3.8, 4) is 0 Å². The molecule has 0 fully saturated rings. The second-order valence-corrected chi connectivity index (χ2v) is 5.65. The Hall–Kier alpha value is -1.04. The molecule has 18 heavy (non-hydrogen) atoms. The predicted octanol–water partition coefficient (Wildman–Crippen LogP) is 5.62. The minimum atomic E-state index is 0.750. The number of unbranched alkanes of at least 4 members (excludes halogenated alkanes) is 3. The van der Waals surface area contributed by atoms with Gasteiger partial charge in [0.25, 0.3) is 0 Å². The van der Waals surface area contributed by atoms with Crippen LogP contribution in [0.15, 0.2) is 30.3 Å². The van der Waals surface area contributed by atoms with E-state index in [1.54, 1.807) is 5.57 Å². The molecule has 0 heteroatoms. The van der Waals surface area contributed by atoms with Crippen molar-refractivity contribution in [1.29, 1.82) is 0 Å². The normalized spacial score (nSPS) is 19.0. The van der Waals surface area contributed by atoms with Gasteiger partial charge in [-0.15, -0.1) is 0 Å². The Morgan fingerprint density at radius 1 is 1.06 bits per heavy atom. The van der Waals surface area contributed by atoms with Crippen molar-refractivity contribution >= 4 is 5.57 Å². The van der Waals surface area contributed by atoms with Crippen molar-refractivity contribution in [2.24, 2.45) is 5.92 Å². The Morgan fingerprint density at radius 2 is 1.83 bits per heavy atom. The number of hydrogen-bond donors (Lipinski definition) is 0. The summed E-state index contributed by atoms with van der Waals surface area (Å²) in [7, 11) is 0. The van der Waals surface area contributed by atoms with E-state index in [0.29, 0.717) is 0 Å². The fourth-order valence-electron chi connectivity index (χ4n) is 2.87. The van der Waals surface area contributed by atoms with Crippen molar-refractivity contribution in [2.75, 3.05) is 0 Å². The van der Waals surface area contributed by atoms with Crippen LogP contribution in [0.25, 0.3) is 5.57 Å². The molecule has 0 N–H and O–H groups in total. The summed E-state index contributed by atoms with van der Waals surface area (Å²) in [5, 5.41) is 0. The molecule has 0 nitrogen and oxygen atoms in total. The second-order valence-electron chi connectivity index (χ2n) is 5.65. The van der Waals surface area contributed by atoms with Gasteiger partial charge in [0, 0.05) is 0 Å². The molecule has 1 aromatic rings. The Morgan fingerprint density at radius 3 is 2.44 bits per heavy atom. The SMILES string of the molecule is CCCCCCc1ccc(C2=CCCC2C)cc1. The highest BCUT2D eigenvalue weighted by atomic mass is 14.2. The van der Waals surface area contributed by atoms with Gasteiger partial charge in [0.1, 0.15) is 0 Å². The van der Waals surface area contributed by atoms with Crippen LogP contribution in [0.5, 0.6) is 0 Å². The van der Waals surface area contributed by atoms with Gasteiger partial charge in [-0.25, -0.2) is 0 Å². The van der Waals surface area contributed by atoms with Crippen molar-refractivity contribution in [1.82, 2.24) is 0 Å². The Balaban J connectivity index is 1.89. The van der Waals surface area contributed by atoms with Gasteiger partial charge < -0.3 is 0 Å². The molecule has 1 aliphatic rings. The largest absolute Gasteiger partial charge is 0.0804 e. The first-order valence-electron chi connectivity index (χ1n) is 7.60. The molecule has 0 aromatic heterocycles. The molecule has 0 aliphatic heterocycles. The third-order valence-electron chi connectivity index (χ3n) is 4.10. The first-order valence-corrected chi connectivity index (χ1v) is 7.60. The maximum absolute atomic E-state index is 2.42. The molecule has 0 saturated carbocycles. The molecule has 0 bridgehead atoms. The summed E-state index contributed by atoms with van der Waals surface area (Å²) in [6, 6.07) is 9.30. The van der Waals surface area contributed by atoms with Crippen molar-refractivity contribution < 1.29 is 0 Å². The van der Waals surface area contributed by atoms with Crippen LogP contribution in [-0.2, 0) is 6.42 Å². The topological polar surface area (TPSA) is 0 Å².